The number of nitrogens with two attached hydrogens (primary N) is 1. The van der Waals surface area contributed by atoms with Crippen LogP contribution < -0.4 is 10.5 Å². The van der Waals surface area contributed by atoms with Crippen LogP contribution in [0.3, 0.4) is 0 Å². The minimum atomic E-state index is -3.72. The molecule has 27 heavy (non-hydrogen) atoms. The minimum absolute atomic E-state index is 0.148. The number of halogens is 1. The van der Waals surface area contributed by atoms with E-state index in [1.165, 1.54) is 23.9 Å². The van der Waals surface area contributed by atoms with E-state index in [4.69, 9.17) is 22.1 Å². The lowest BCUT2D eigenvalue weighted by atomic mass is 9.82. The normalized spacial score (nSPS) is 24.5. The lowest BCUT2D eigenvalue weighted by Crippen LogP contribution is -2.42. The molecule has 142 valence electrons. The number of nitrogens with zero attached hydrogens (tertiary/aromatic N) is 1. The molecule has 2 aliphatic rings. The van der Waals surface area contributed by atoms with E-state index in [0.29, 0.717) is 28.2 Å². The quantitative estimate of drug-likeness (QED) is 0.789. The van der Waals surface area contributed by atoms with E-state index in [2.05, 4.69) is 9.71 Å². The van der Waals surface area contributed by atoms with E-state index >= 15 is 0 Å². The van der Waals surface area contributed by atoms with Crippen LogP contribution in [0, 0.1) is 0 Å². The highest BCUT2D eigenvalue weighted by Gasteiger charge is 2.46. The van der Waals surface area contributed by atoms with Crippen LogP contribution in [0.5, 0.6) is 0 Å². The molecular formula is C18H18ClN3O3S2. The Morgan fingerprint density at radius 2 is 2.04 bits per heavy atom. The van der Waals surface area contributed by atoms with Crippen molar-refractivity contribution in [2.24, 2.45) is 10.7 Å². The first-order chi connectivity index (χ1) is 12.8. The van der Waals surface area contributed by atoms with Gasteiger partial charge in [0.15, 0.2) is 5.17 Å². The van der Waals surface area contributed by atoms with Crippen LogP contribution in [0.4, 0.5) is 5.69 Å². The maximum absolute atomic E-state index is 12.7. The lowest BCUT2D eigenvalue weighted by molar-refractivity contribution is -0.00896. The zero-order valence-corrected chi connectivity index (χ0v) is 16.9. The van der Waals surface area contributed by atoms with Crippen LogP contribution in [-0.4, -0.2) is 25.4 Å². The summed E-state index contributed by atoms with van der Waals surface area (Å²) in [5.41, 5.74) is 7.74. The molecule has 9 heteroatoms. The second-order valence-corrected chi connectivity index (χ2v) is 9.66. The van der Waals surface area contributed by atoms with Crippen molar-refractivity contribution in [1.82, 2.24) is 0 Å². The summed E-state index contributed by atoms with van der Waals surface area (Å²) in [6, 6.07) is 11.5. The van der Waals surface area contributed by atoms with E-state index in [-0.39, 0.29) is 11.0 Å². The van der Waals surface area contributed by atoms with Crippen LogP contribution in [0.1, 0.15) is 18.1 Å². The number of sulfonamides is 1. The second kappa shape index (κ2) is 6.70. The highest BCUT2D eigenvalue weighted by Crippen LogP contribution is 2.45. The Balaban J connectivity index is 1.72. The van der Waals surface area contributed by atoms with Gasteiger partial charge in [-0.1, -0.05) is 29.4 Å². The molecule has 2 aromatic rings. The van der Waals surface area contributed by atoms with Crippen molar-refractivity contribution < 1.29 is 13.2 Å². The molecule has 2 aromatic carbocycles. The molecular weight excluding hydrogens is 406 g/mol. The van der Waals surface area contributed by atoms with Crippen molar-refractivity contribution in [2.75, 3.05) is 10.5 Å². The van der Waals surface area contributed by atoms with Crippen LogP contribution in [0.15, 0.2) is 52.4 Å². The SMILES string of the molecule is CC1OCc2ccc(NS(=O)(=O)c3ccc(Cl)cc3)cc2C12CSC(N)=N2. The fraction of sp³-hybridized carbons (Fsp3) is 0.278. The molecule has 6 nitrogen and oxygen atoms in total. The average molecular weight is 424 g/mol. The van der Waals surface area contributed by atoms with Gasteiger partial charge in [-0.3, -0.25) is 4.72 Å². The maximum Gasteiger partial charge on any atom is 0.261 e. The maximum atomic E-state index is 12.7. The molecule has 0 aliphatic carbocycles. The second-order valence-electron chi connectivity index (χ2n) is 6.55. The number of thioether (sulfide) groups is 1. The van der Waals surface area contributed by atoms with Gasteiger partial charge in [0.05, 0.1) is 17.6 Å². The van der Waals surface area contributed by atoms with Crippen LogP contribution in [0.25, 0.3) is 0 Å². The summed E-state index contributed by atoms with van der Waals surface area (Å²) >= 11 is 7.33. The summed E-state index contributed by atoms with van der Waals surface area (Å²) in [4.78, 5) is 4.80. The smallest absolute Gasteiger partial charge is 0.261 e. The summed E-state index contributed by atoms with van der Waals surface area (Å²) in [6.45, 7) is 2.43. The number of rotatable bonds is 3. The Kier molecular flexibility index (Phi) is 4.62. The standard InChI is InChI=1S/C18H18ClN3O3S2/c1-11-18(10-26-17(20)21-18)16-8-14(5-2-12(16)9-25-11)22-27(23,24)15-6-3-13(19)4-7-15/h2-8,11,22H,9-10H2,1H3,(H2,20,21). The summed E-state index contributed by atoms with van der Waals surface area (Å²) in [5.74, 6) is 0.667. The first-order valence-corrected chi connectivity index (χ1v) is 11.2. The summed E-state index contributed by atoms with van der Waals surface area (Å²) in [5, 5.41) is 0.998. The van der Waals surface area contributed by atoms with Crippen molar-refractivity contribution in [3.63, 3.8) is 0 Å². The van der Waals surface area contributed by atoms with Gasteiger partial charge in [-0.15, -0.1) is 0 Å². The molecule has 0 radical (unpaired) electrons. The summed E-state index contributed by atoms with van der Waals surface area (Å²) in [6.07, 6.45) is -0.151. The fourth-order valence-corrected chi connectivity index (χ4v) is 5.59. The zero-order valence-electron chi connectivity index (χ0n) is 14.5. The molecule has 0 saturated carbocycles. The van der Waals surface area contributed by atoms with Crippen molar-refractivity contribution in [2.45, 2.75) is 30.1 Å². The molecule has 1 spiro atoms. The number of fused-ring (bicyclic) bond motifs is 2. The third-order valence-corrected chi connectivity index (χ3v) is 7.48. The largest absolute Gasteiger partial charge is 0.379 e. The molecule has 0 aromatic heterocycles. The molecule has 4 rings (SSSR count). The molecule has 2 atom stereocenters. The first kappa shape index (κ1) is 18.6. The van der Waals surface area contributed by atoms with E-state index in [1.54, 1.807) is 18.2 Å². The number of aliphatic imine (C=N–C) groups is 1. The van der Waals surface area contributed by atoms with E-state index in [9.17, 15) is 8.42 Å². The van der Waals surface area contributed by atoms with Gasteiger partial charge in [-0.2, -0.15) is 0 Å². The predicted molar refractivity (Wildman–Crippen MR) is 109 cm³/mol. The molecule has 0 fully saturated rings. The summed E-state index contributed by atoms with van der Waals surface area (Å²) < 4.78 is 33.9. The van der Waals surface area contributed by atoms with Crippen molar-refractivity contribution in [3.05, 3.63) is 58.6 Å². The number of benzene rings is 2. The van der Waals surface area contributed by atoms with Gasteiger partial charge in [0.2, 0.25) is 0 Å². The summed E-state index contributed by atoms with van der Waals surface area (Å²) in [7, 11) is -3.72. The Bertz CT molecular complexity index is 1020. The van der Waals surface area contributed by atoms with Crippen molar-refractivity contribution in [3.8, 4) is 0 Å². The number of amidine groups is 1. The average Bonchev–Trinajstić information content (AvgIpc) is 3.02. The molecule has 0 bridgehead atoms. The van der Waals surface area contributed by atoms with E-state index in [1.807, 2.05) is 19.1 Å². The topological polar surface area (TPSA) is 93.8 Å². The van der Waals surface area contributed by atoms with Crippen LogP contribution in [0.2, 0.25) is 5.02 Å². The van der Waals surface area contributed by atoms with Gasteiger partial charge in [0.1, 0.15) is 5.54 Å². The van der Waals surface area contributed by atoms with Gasteiger partial charge in [0.25, 0.3) is 10.0 Å². The Morgan fingerprint density at radius 3 is 2.70 bits per heavy atom. The van der Waals surface area contributed by atoms with Gasteiger partial charge in [-0.25, -0.2) is 13.4 Å². The van der Waals surface area contributed by atoms with E-state index in [0.717, 1.165) is 11.1 Å². The highest BCUT2D eigenvalue weighted by atomic mass is 35.5. The molecule has 3 N–H and O–H groups in total. The Labute approximate surface area is 167 Å². The number of hydrogen-bond acceptors (Lipinski definition) is 6. The third kappa shape index (κ3) is 3.31. The van der Waals surface area contributed by atoms with Crippen molar-refractivity contribution >= 4 is 44.2 Å². The van der Waals surface area contributed by atoms with Crippen LogP contribution >= 0.6 is 23.4 Å². The van der Waals surface area contributed by atoms with Gasteiger partial charge < -0.3 is 10.5 Å². The lowest BCUT2D eigenvalue weighted by Gasteiger charge is -2.38. The van der Waals surface area contributed by atoms with Gasteiger partial charge in [0, 0.05) is 16.5 Å². The monoisotopic (exact) mass is 423 g/mol. The number of anilines is 1. The van der Waals surface area contributed by atoms with E-state index < -0.39 is 15.6 Å². The number of hydrogen-bond donors (Lipinski definition) is 2. The molecule has 2 heterocycles. The number of nitrogens with one attached hydrogen (secondary N) is 1. The minimum Gasteiger partial charge on any atom is -0.379 e. The molecule has 0 saturated heterocycles. The highest BCUT2D eigenvalue weighted by molar-refractivity contribution is 8.14. The van der Waals surface area contributed by atoms with Gasteiger partial charge in [-0.05, 0) is 54.4 Å². The van der Waals surface area contributed by atoms with Gasteiger partial charge >= 0.3 is 0 Å². The van der Waals surface area contributed by atoms with Crippen molar-refractivity contribution in [1.29, 1.82) is 0 Å². The molecule has 0 amide bonds. The number of ether oxygens (including phenoxy) is 1. The fourth-order valence-electron chi connectivity index (χ4n) is 3.36. The van der Waals surface area contributed by atoms with Crippen LogP contribution in [-0.2, 0) is 26.9 Å². The Hall–Kier alpha value is -1.74. The predicted octanol–water partition coefficient (Wildman–Crippen LogP) is 3.32. The first-order valence-electron chi connectivity index (χ1n) is 8.32. The zero-order chi connectivity index (χ0) is 19.2. The Morgan fingerprint density at radius 1 is 1.30 bits per heavy atom. The molecule has 2 aliphatic heterocycles. The molecule has 2 unspecified atom stereocenters. The third-order valence-electron chi connectivity index (χ3n) is 4.86.